The molecule has 2 N–H and O–H groups in total. The Labute approximate surface area is 102 Å². The zero-order valence-electron chi connectivity index (χ0n) is 9.97. The van der Waals surface area contributed by atoms with Gasteiger partial charge in [-0.15, -0.1) is 0 Å². The lowest BCUT2D eigenvalue weighted by Gasteiger charge is -2.13. The predicted octanol–water partition coefficient (Wildman–Crippen LogP) is 2.94. The number of nitrogens with two attached hydrogens (primary N) is 1. The molecule has 0 saturated heterocycles. The van der Waals surface area contributed by atoms with Crippen LogP contribution >= 0.6 is 0 Å². The van der Waals surface area contributed by atoms with Crippen molar-refractivity contribution >= 4 is 0 Å². The minimum absolute atomic E-state index is 0.00694. The Bertz CT molecular complexity index is 467. The number of benzene rings is 2. The van der Waals surface area contributed by atoms with Gasteiger partial charge in [-0.1, -0.05) is 42.5 Å². The highest BCUT2D eigenvalue weighted by Crippen LogP contribution is 2.20. The molecule has 0 spiro atoms. The van der Waals surface area contributed by atoms with Gasteiger partial charge >= 0.3 is 0 Å². The van der Waals surface area contributed by atoms with Gasteiger partial charge in [-0.25, -0.2) is 0 Å². The van der Waals surface area contributed by atoms with E-state index in [1.165, 1.54) is 5.56 Å². The van der Waals surface area contributed by atoms with Crippen molar-refractivity contribution in [2.75, 3.05) is 7.11 Å². The molecule has 0 heterocycles. The largest absolute Gasteiger partial charge is 0.497 e. The van der Waals surface area contributed by atoms with Crippen molar-refractivity contribution in [2.24, 2.45) is 5.73 Å². The lowest BCUT2D eigenvalue weighted by Crippen LogP contribution is -2.13. The molecule has 0 aliphatic heterocycles. The van der Waals surface area contributed by atoms with Gasteiger partial charge in [0.25, 0.3) is 0 Å². The van der Waals surface area contributed by atoms with Crippen LogP contribution in [0, 0.1) is 0 Å². The van der Waals surface area contributed by atoms with E-state index in [2.05, 4.69) is 12.1 Å². The monoisotopic (exact) mass is 227 g/mol. The van der Waals surface area contributed by atoms with Crippen molar-refractivity contribution in [3.63, 3.8) is 0 Å². The Hall–Kier alpha value is -1.80. The summed E-state index contributed by atoms with van der Waals surface area (Å²) in [7, 11) is 1.67. The zero-order chi connectivity index (χ0) is 12.1. The van der Waals surface area contributed by atoms with E-state index in [1.54, 1.807) is 7.11 Å². The summed E-state index contributed by atoms with van der Waals surface area (Å²) in [6.45, 7) is 0. The molecule has 0 amide bonds. The molecule has 0 radical (unpaired) electrons. The SMILES string of the molecule is COc1cccc(C(N)Cc2ccccc2)c1. The second-order valence-electron chi connectivity index (χ2n) is 4.07. The molecule has 1 atom stereocenters. The van der Waals surface area contributed by atoms with Gasteiger partial charge in [0.15, 0.2) is 0 Å². The molecule has 0 aliphatic carbocycles. The van der Waals surface area contributed by atoms with Crippen molar-refractivity contribution < 1.29 is 4.74 Å². The molecule has 2 heteroatoms. The summed E-state index contributed by atoms with van der Waals surface area (Å²) < 4.78 is 5.20. The fourth-order valence-electron chi connectivity index (χ4n) is 1.86. The summed E-state index contributed by atoms with van der Waals surface area (Å²) in [6, 6.07) is 18.2. The van der Waals surface area contributed by atoms with Crippen LogP contribution in [0.3, 0.4) is 0 Å². The zero-order valence-corrected chi connectivity index (χ0v) is 9.97. The molecular formula is C15H17NO. The molecule has 1 unspecified atom stereocenters. The molecule has 0 bridgehead atoms. The van der Waals surface area contributed by atoms with Gasteiger partial charge in [-0.2, -0.15) is 0 Å². The molecule has 0 saturated carbocycles. The Morgan fingerprint density at radius 1 is 1.06 bits per heavy atom. The van der Waals surface area contributed by atoms with Crippen LogP contribution in [0.15, 0.2) is 54.6 Å². The Morgan fingerprint density at radius 2 is 1.82 bits per heavy atom. The maximum absolute atomic E-state index is 6.20. The highest BCUT2D eigenvalue weighted by atomic mass is 16.5. The summed E-state index contributed by atoms with van der Waals surface area (Å²) >= 11 is 0. The summed E-state index contributed by atoms with van der Waals surface area (Å²) in [5.41, 5.74) is 8.55. The van der Waals surface area contributed by atoms with Crippen LogP contribution < -0.4 is 10.5 Å². The fourth-order valence-corrected chi connectivity index (χ4v) is 1.86. The van der Waals surface area contributed by atoms with Crippen LogP contribution in [-0.2, 0) is 6.42 Å². The van der Waals surface area contributed by atoms with E-state index in [9.17, 15) is 0 Å². The van der Waals surface area contributed by atoms with E-state index in [0.29, 0.717) is 0 Å². The van der Waals surface area contributed by atoms with Gasteiger partial charge in [-0.05, 0) is 29.7 Å². The second kappa shape index (κ2) is 5.51. The van der Waals surface area contributed by atoms with Crippen LogP contribution in [0.1, 0.15) is 17.2 Å². The molecule has 0 fully saturated rings. The van der Waals surface area contributed by atoms with E-state index >= 15 is 0 Å². The average molecular weight is 227 g/mol. The van der Waals surface area contributed by atoms with E-state index in [-0.39, 0.29) is 6.04 Å². The normalized spacial score (nSPS) is 12.1. The first-order valence-corrected chi connectivity index (χ1v) is 5.73. The smallest absolute Gasteiger partial charge is 0.119 e. The fraction of sp³-hybridized carbons (Fsp3) is 0.200. The average Bonchev–Trinajstić information content (AvgIpc) is 2.40. The number of hydrogen-bond donors (Lipinski definition) is 1. The number of ether oxygens (including phenoxy) is 1. The van der Waals surface area contributed by atoms with Crippen molar-refractivity contribution in [2.45, 2.75) is 12.5 Å². The molecule has 17 heavy (non-hydrogen) atoms. The third kappa shape index (κ3) is 3.08. The van der Waals surface area contributed by atoms with Gasteiger partial charge in [0.2, 0.25) is 0 Å². The van der Waals surface area contributed by atoms with Crippen LogP contribution in [0.2, 0.25) is 0 Å². The lowest BCUT2D eigenvalue weighted by molar-refractivity contribution is 0.414. The topological polar surface area (TPSA) is 35.2 Å². The van der Waals surface area contributed by atoms with Crippen molar-refractivity contribution in [1.29, 1.82) is 0 Å². The van der Waals surface area contributed by atoms with Crippen LogP contribution in [0.5, 0.6) is 5.75 Å². The van der Waals surface area contributed by atoms with Gasteiger partial charge in [0, 0.05) is 6.04 Å². The summed E-state index contributed by atoms with van der Waals surface area (Å²) in [5.74, 6) is 0.853. The summed E-state index contributed by atoms with van der Waals surface area (Å²) in [6.07, 6.45) is 0.841. The predicted molar refractivity (Wildman–Crippen MR) is 70.1 cm³/mol. The molecule has 2 rings (SSSR count). The highest BCUT2D eigenvalue weighted by molar-refractivity contribution is 5.31. The van der Waals surface area contributed by atoms with Gasteiger partial charge in [0.05, 0.1) is 7.11 Å². The van der Waals surface area contributed by atoms with Crippen LogP contribution in [-0.4, -0.2) is 7.11 Å². The van der Waals surface area contributed by atoms with Crippen molar-refractivity contribution in [3.8, 4) is 5.75 Å². The Balaban J connectivity index is 2.11. The maximum Gasteiger partial charge on any atom is 0.119 e. The molecule has 2 nitrogen and oxygen atoms in total. The first kappa shape index (κ1) is 11.7. The second-order valence-corrected chi connectivity index (χ2v) is 4.07. The third-order valence-corrected chi connectivity index (χ3v) is 2.82. The number of methoxy groups -OCH3 is 1. The van der Waals surface area contributed by atoms with E-state index in [1.807, 2.05) is 42.5 Å². The van der Waals surface area contributed by atoms with Crippen LogP contribution in [0.4, 0.5) is 0 Å². The first-order chi connectivity index (χ1) is 8.29. The van der Waals surface area contributed by atoms with Crippen LogP contribution in [0.25, 0.3) is 0 Å². The van der Waals surface area contributed by atoms with E-state index < -0.39 is 0 Å². The van der Waals surface area contributed by atoms with Crippen molar-refractivity contribution in [3.05, 3.63) is 65.7 Å². The summed E-state index contributed by atoms with van der Waals surface area (Å²) in [4.78, 5) is 0. The molecule has 0 aromatic heterocycles. The number of rotatable bonds is 4. The minimum atomic E-state index is 0.00694. The molecule has 2 aromatic carbocycles. The standard InChI is InChI=1S/C15H17NO/c1-17-14-9-5-8-13(11-14)15(16)10-12-6-3-2-4-7-12/h2-9,11,15H,10,16H2,1H3. The summed E-state index contributed by atoms with van der Waals surface area (Å²) in [5, 5.41) is 0. The molecule has 2 aromatic rings. The van der Waals surface area contributed by atoms with Gasteiger partial charge < -0.3 is 10.5 Å². The quantitative estimate of drug-likeness (QED) is 0.871. The third-order valence-electron chi connectivity index (χ3n) is 2.82. The maximum atomic E-state index is 6.20. The minimum Gasteiger partial charge on any atom is -0.497 e. The lowest BCUT2D eigenvalue weighted by atomic mass is 10.00. The van der Waals surface area contributed by atoms with Gasteiger partial charge in [0.1, 0.15) is 5.75 Å². The number of hydrogen-bond acceptors (Lipinski definition) is 2. The molecular weight excluding hydrogens is 210 g/mol. The Kier molecular flexibility index (Phi) is 3.78. The first-order valence-electron chi connectivity index (χ1n) is 5.73. The van der Waals surface area contributed by atoms with E-state index in [4.69, 9.17) is 10.5 Å². The molecule has 0 aliphatic rings. The van der Waals surface area contributed by atoms with E-state index in [0.717, 1.165) is 17.7 Å². The van der Waals surface area contributed by atoms with Gasteiger partial charge in [-0.3, -0.25) is 0 Å². The highest BCUT2D eigenvalue weighted by Gasteiger charge is 2.07. The van der Waals surface area contributed by atoms with Crippen molar-refractivity contribution in [1.82, 2.24) is 0 Å². The molecule has 88 valence electrons. The Morgan fingerprint density at radius 3 is 2.53 bits per heavy atom.